The van der Waals surface area contributed by atoms with E-state index in [4.69, 9.17) is 4.74 Å². The van der Waals surface area contributed by atoms with Gasteiger partial charge in [-0.2, -0.15) is 0 Å². The smallest absolute Gasteiger partial charge is 0.273 e. The van der Waals surface area contributed by atoms with Crippen LogP contribution in [0.4, 0.5) is 5.69 Å². The van der Waals surface area contributed by atoms with Gasteiger partial charge in [0, 0.05) is 23.8 Å². The molecule has 0 radical (unpaired) electrons. The van der Waals surface area contributed by atoms with Crippen molar-refractivity contribution in [2.45, 2.75) is 37.5 Å². The van der Waals surface area contributed by atoms with Crippen LogP contribution in [-0.2, 0) is 0 Å². The molecule has 0 saturated heterocycles. The maximum Gasteiger partial charge on any atom is 0.273 e. The van der Waals surface area contributed by atoms with Gasteiger partial charge in [0.1, 0.15) is 5.75 Å². The number of hydrogen-bond donors (Lipinski definition) is 1. The Morgan fingerprint density at radius 2 is 2.10 bits per heavy atom. The second-order valence-corrected chi connectivity index (χ2v) is 4.84. The van der Waals surface area contributed by atoms with E-state index in [0.717, 1.165) is 0 Å². The predicted octanol–water partition coefficient (Wildman–Crippen LogP) is 1.88. The molecule has 0 spiro atoms. The normalized spacial score (nSPS) is 25.9. The van der Waals surface area contributed by atoms with Gasteiger partial charge in [-0.25, -0.2) is 0 Å². The summed E-state index contributed by atoms with van der Waals surface area (Å²) in [6.45, 7) is 0. The Morgan fingerprint density at radius 3 is 2.75 bits per heavy atom. The molecule has 1 saturated carbocycles. The summed E-state index contributed by atoms with van der Waals surface area (Å²) in [5.41, 5.74) is -0.160. The number of nitro benzene ring substituents is 1. The highest BCUT2D eigenvalue weighted by molar-refractivity contribution is 5.38. The van der Waals surface area contributed by atoms with Crippen LogP contribution in [0, 0.1) is 20.2 Å². The van der Waals surface area contributed by atoms with Gasteiger partial charge in [-0.15, -0.1) is 0 Å². The molecule has 2 unspecified atom stereocenters. The largest absolute Gasteiger partial charge is 0.462 e. The first kappa shape index (κ1) is 14.2. The number of ether oxygens (including phenoxy) is 1. The van der Waals surface area contributed by atoms with Crippen molar-refractivity contribution in [3.63, 3.8) is 0 Å². The zero-order chi connectivity index (χ0) is 14.8. The predicted molar refractivity (Wildman–Crippen MR) is 67.9 cm³/mol. The summed E-state index contributed by atoms with van der Waals surface area (Å²) in [5, 5.41) is 31.7. The van der Waals surface area contributed by atoms with Crippen LogP contribution in [0.25, 0.3) is 0 Å². The average Bonchev–Trinajstić information content (AvgIpc) is 2.38. The van der Waals surface area contributed by atoms with E-state index in [-0.39, 0.29) is 24.3 Å². The van der Waals surface area contributed by atoms with Gasteiger partial charge in [0.05, 0.1) is 17.4 Å². The summed E-state index contributed by atoms with van der Waals surface area (Å²) in [6, 6.07) is 4.55. The molecule has 108 valence electrons. The SMILES string of the molecule is O=[N+]([O-])c1cccc(OC2(O)CCCC([N+](=O)[O-])C2)c1. The van der Waals surface area contributed by atoms with Crippen LogP contribution in [0.15, 0.2) is 24.3 Å². The van der Waals surface area contributed by atoms with Crippen molar-refractivity contribution >= 4 is 5.69 Å². The van der Waals surface area contributed by atoms with Crippen molar-refractivity contribution in [3.8, 4) is 5.75 Å². The summed E-state index contributed by atoms with van der Waals surface area (Å²) in [4.78, 5) is 20.5. The van der Waals surface area contributed by atoms with Gasteiger partial charge in [0.25, 0.3) is 5.69 Å². The molecule has 2 rings (SSSR count). The van der Waals surface area contributed by atoms with Gasteiger partial charge in [0.15, 0.2) is 0 Å². The highest BCUT2D eigenvalue weighted by Crippen LogP contribution is 2.33. The molecule has 0 amide bonds. The summed E-state index contributed by atoms with van der Waals surface area (Å²) in [7, 11) is 0. The minimum Gasteiger partial charge on any atom is -0.462 e. The first-order chi connectivity index (χ1) is 9.39. The number of rotatable bonds is 4. The van der Waals surface area contributed by atoms with E-state index in [1.54, 1.807) is 0 Å². The Morgan fingerprint density at radius 1 is 1.35 bits per heavy atom. The molecule has 1 aromatic carbocycles. The lowest BCUT2D eigenvalue weighted by Crippen LogP contribution is -2.45. The molecule has 1 aliphatic rings. The highest BCUT2D eigenvalue weighted by Gasteiger charge is 2.41. The Kier molecular flexibility index (Phi) is 3.84. The van der Waals surface area contributed by atoms with Crippen LogP contribution < -0.4 is 4.74 Å². The Hall–Kier alpha value is -2.22. The number of non-ortho nitro benzene ring substituents is 1. The molecule has 2 atom stereocenters. The van der Waals surface area contributed by atoms with Crippen molar-refractivity contribution in [1.82, 2.24) is 0 Å². The van der Waals surface area contributed by atoms with Crippen molar-refractivity contribution in [2.75, 3.05) is 0 Å². The van der Waals surface area contributed by atoms with Gasteiger partial charge >= 0.3 is 0 Å². The van der Waals surface area contributed by atoms with E-state index in [1.807, 2.05) is 0 Å². The Labute approximate surface area is 114 Å². The molecule has 0 aliphatic heterocycles. The topological polar surface area (TPSA) is 116 Å². The number of benzene rings is 1. The minimum absolute atomic E-state index is 0.122. The molecule has 1 N–H and O–H groups in total. The molecule has 1 aromatic rings. The number of nitro groups is 2. The zero-order valence-electron chi connectivity index (χ0n) is 10.6. The van der Waals surface area contributed by atoms with E-state index >= 15 is 0 Å². The fourth-order valence-corrected chi connectivity index (χ4v) is 2.34. The quantitative estimate of drug-likeness (QED) is 0.512. The number of nitrogens with zero attached hydrogens (tertiary/aromatic N) is 2. The summed E-state index contributed by atoms with van der Waals surface area (Å²) in [5.74, 6) is -1.52. The maximum absolute atomic E-state index is 10.8. The molecule has 0 aromatic heterocycles. The van der Waals surface area contributed by atoms with Crippen LogP contribution in [0.1, 0.15) is 25.7 Å². The third-order valence-corrected chi connectivity index (χ3v) is 3.29. The first-order valence-corrected chi connectivity index (χ1v) is 6.19. The first-order valence-electron chi connectivity index (χ1n) is 6.19. The fraction of sp³-hybridized carbons (Fsp3) is 0.500. The molecular formula is C12H14N2O6. The summed E-state index contributed by atoms with van der Waals surface area (Å²) in [6.07, 6.45) is 1.01. The van der Waals surface area contributed by atoms with Gasteiger partial charge < -0.3 is 9.84 Å². The standard InChI is InChI=1S/C12H14N2O6/c15-12(6-2-4-10(8-12)14(18)19)20-11-5-1-3-9(7-11)13(16)17/h1,3,5,7,10,15H,2,4,6,8H2. The van der Waals surface area contributed by atoms with Crippen LogP contribution >= 0.6 is 0 Å². The lowest BCUT2D eigenvalue weighted by atomic mass is 9.90. The van der Waals surface area contributed by atoms with Crippen LogP contribution in [-0.4, -0.2) is 26.8 Å². The highest BCUT2D eigenvalue weighted by atomic mass is 16.6. The third-order valence-electron chi connectivity index (χ3n) is 3.29. The van der Waals surface area contributed by atoms with Gasteiger partial charge in [-0.05, 0) is 12.5 Å². The molecule has 1 aliphatic carbocycles. The van der Waals surface area contributed by atoms with Crippen LogP contribution in [0.2, 0.25) is 0 Å². The van der Waals surface area contributed by atoms with E-state index in [1.165, 1.54) is 24.3 Å². The summed E-state index contributed by atoms with van der Waals surface area (Å²) < 4.78 is 5.36. The number of hydrogen-bond acceptors (Lipinski definition) is 6. The summed E-state index contributed by atoms with van der Waals surface area (Å²) >= 11 is 0. The maximum atomic E-state index is 10.8. The average molecular weight is 282 g/mol. The van der Waals surface area contributed by atoms with Crippen LogP contribution in [0.3, 0.4) is 0 Å². The van der Waals surface area contributed by atoms with Crippen molar-refractivity contribution in [3.05, 3.63) is 44.5 Å². The second-order valence-electron chi connectivity index (χ2n) is 4.84. The lowest BCUT2D eigenvalue weighted by Gasteiger charge is -2.33. The Balaban J connectivity index is 2.13. The van der Waals surface area contributed by atoms with E-state index in [2.05, 4.69) is 0 Å². The van der Waals surface area contributed by atoms with Gasteiger partial charge in [-0.1, -0.05) is 6.07 Å². The van der Waals surface area contributed by atoms with Crippen molar-refractivity contribution < 1.29 is 19.7 Å². The van der Waals surface area contributed by atoms with E-state index in [9.17, 15) is 25.3 Å². The van der Waals surface area contributed by atoms with E-state index in [0.29, 0.717) is 12.8 Å². The van der Waals surface area contributed by atoms with Gasteiger partial charge in [0.2, 0.25) is 11.8 Å². The Bertz CT molecular complexity index is 534. The second kappa shape index (κ2) is 5.41. The molecule has 8 heteroatoms. The lowest BCUT2D eigenvalue weighted by molar-refractivity contribution is -0.533. The molecule has 20 heavy (non-hydrogen) atoms. The molecule has 1 fully saturated rings. The fourth-order valence-electron chi connectivity index (χ4n) is 2.34. The van der Waals surface area contributed by atoms with Crippen molar-refractivity contribution in [1.29, 1.82) is 0 Å². The molecule has 0 bridgehead atoms. The number of aliphatic hydroxyl groups is 1. The van der Waals surface area contributed by atoms with E-state index < -0.39 is 21.7 Å². The molecule has 8 nitrogen and oxygen atoms in total. The molecular weight excluding hydrogens is 268 g/mol. The van der Waals surface area contributed by atoms with Gasteiger partial charge in [-0.3, -0.25) is 20.2 Å². The van der Waals surface area contributed by atoms with Crippen molar-refractivity contribution in [2.24, 2.45) is 0 Å². The minimum atomic E-state index is -1.65. The third kappa shape index (κ3) is 3.21. The molecule has 0 heterocycles. The van der Waals surface area contributed by atoms with Crippen LogP contribution in [0.5, 0.6) is 5.75 Å². The zero-order valence-corrected chi connectivity index (χ0v) is 10.6. The monoisotopic (exact) mass is 282 g/mol.